The third kappa shape index (κ3) is 2.52. The average Bonchev–Trinajstić information content (AvgIpc) is 3.15. The molecule has 7 nitrogen and oxygen atoms in total. The van der Waals surface area contributed by atoms with Gasteiger partial charge in [0, 0.05) is 50.8 Å². The monoisotopic (exact) mass is 322 g/mol. The van der Waals surface area contributed by atoms with E-state index in [1.54, 1.807) is 23.5 Å². The van der Waals surface area contributed by atoms with Crippen LogP contribution in [-0.4, -0.2) is 43.2 Å². The van der Waals surface area contributed by atoms with Crippen molar-refractivity contribution in [3.63, 3.8) is 0 Å². The zero-order chi connectivity index (χ0) is 16.5. The van der Waals surface area contributed by atoms with Crippen LogP contribution in [0.1, 0.15) is 23.7 Å². The molecule has 1 fully saturated rings. The molecule has 4 rings (SSSR count). The summed E-state index contributed by atoms with van der Waals surface area (Å²) >= 11 is 0. The van der Waals surface area contributed by atoms with Gasteiger partial charge in [-0.1, -0.05) is 6.07 Å². The number of nitrogens with one attached hydrogen (secondary N) is 1. The zero-order valence-corrected chi connectivity index (χ0v) is 13.3. The van der Waals surface area contributed by atoms with Gasteiger partial charge in [-0.05, 0) is 11.6 Å². The summed E-state index contributed by atoms with van der Waals surface area (Å²) in [5.41, 5.74) is 2.91. The molecule has 0 aromatic carbocycles. The molecule has 1 aliphatic rings. The van der Waals surface area contributed by atoms with Crippen LogP contribution in [0, 0.1) is 0 Å². The molecule has 1 N–H and O–H groups in total. The topological polar surface area (TPSA) is 75.4 Å². The SMILES string of the molecule is CN1C(=O)C[C@@H](NCc2cnc3cnccn23)[C@@H]1c1cccnc1. The molecule has 0 bridgehead atoms. The predicted molar refractivity (Wildman–Crippen MR) is 88.0 cm³/mol. The minimum atomic E-state index is -0.00736. The summed E-state index contributed by atoms with van der Waals surface area (Å²) in [4.78, 5) is 26.6. The summed E-state index contributed by atoms with van der Waals surface area (Å²) in [5, 5.41) is 3.51. The molecule has 1 aliphatic heterocycles. The van der Waals surface area contributed by atoms with Crippen molar-refractivity contribution in [3.8, 4) is 0 Å². The number of carbonyl (C=O) groups excluding carboxylic acids is 1. The van der Waals surface area contributed by atoms with Crippen LogP contribution in [0.2, 0.25) is 0 Å². The van der Waals surface area contributed by atoms with Gasteiger partial charge < -0.3 is 10.2 Å². The Hall–Kier alpha value is -2.80. The minimum absolute atomic E-state index is 0.00736. The summed E-state index contributed by atoms with van der Waals surface area (Å²) in [5.74, 6) is 0.142. The fourth-order valence-electron chi connectivity index (χ4n) is 3.32. The molecule has 3 aromatic heterocycles. The Morgan fingerprint density at radius 3 is 2.96 bits per heavy atom. The number of aromatic nitrogens is 4. The maximum Gasteiger partial charge on any atom is 0.224 e. The first-order chi connectivity index (χ1) is 11.7. The fourth-order valence-corrected chi connectivity index (χ4v) is 3.32. The molecule has 0 spiro atoms. The van der Waals surface area contributed by atoms with Crippen LogP contribution in [-0.2, 0) is 11.3 Å². The number of hydrogen-bond acceptors (Lipinski definition) is 5. The van der Waals surface area contributed by atoms with E-state index in [1.807, 2.05) is 42.2 Å². The van der Waals surface area contributed by atoms with E-state index >= 15 is 0 Å². The van der Waals surface area contributed by atoms with E-state index < -0.39 is 0 Å². The summed E-state index contributed by atoms with van der Waals surface area (Å²) in [6.07, 6.45) is 11.3. The fraction of sp³-hybridized carbons (Fsp3) is 0.294. The van der Waals surface area contributed by atoms with Gasteiger partial charge in [-0.25, -0.2) is 4.98 Å². The Bertz CT molecular complexity index is 862. The van der Waals surface area contributed by atoms with Crippen molar-refractivity contribution in [2.75, 3.05) is 7.05 Å². The number of carbonyl (C=O) groups is 1. The first-order valence-electron chi connectivity index (χ1n) is 7.89. The molecule has 1 amide bonds. The van der Waals surface area contributed by atoms with Gasteiger partial charge in [0.1, 0.15) is 0 Å². The number of rotatable bonds is 4. The Kier molecular flexibility index (Phi) is 3.70. The highest BCUT2D eigenvalue weighted by Gasteiger charge is 2.38. The second kappa shape index (κ2) is 6.01. The van der Waals surface area contributed by atoms with Crippen molar-refractivity contribution in [1.29, 1.82) is 0 Å². The largest absolute Gasteiger partial charge is 0.337 e. The van der Waals surface area contributed by atoms with Gasteiger partial charge in [-0.2, -0.15) is 0 Å². The van der Waals surface area contributed by atoms with Crippen LogP contribution < -0.4 is 5.32 Å². The number of amides is 1. The lowest BCUT2D eigenvalue weighted by Gasteiger charge is -2.25. The van der Waals surface area contributed by atoms with Crippen molar-refractivity contribution < 1.29 is 4.79 Å². The van der Waals surface area contributed by atoms with Crippen molar-refractivity contribution in [2.24, 2.45) is 0 Å². The Morgan fingerprint density at radius 1 is 1.25 bits per heavy atom. The van der Waals surface area contributed by atoms with E-state index in [0.29, 0.717) is 13.0 Å². The lowest BCUT2D eigenvalue weighted by atomic mass is 10.0. The lowest BCUT2D eigenvalue weighted by molar-refractivity contribution is -0.127. The molecule has 0 aliphatic carbocycles. The highest BCUT2D eigenvalue weighted by molar-refractivity contribution is 5.80. The van der Waals surface area contributed by atoms with Gasteiger partial charge in [0.05, 0.1) is 24.1 Å². The van der Waals surface area contributed by atoms with Crippen molar-refractivity contribution in [3.05, 3.63) is 60.6 Å². The number of hydrogen-bond donors (Lipinski definition) is 1. The van der Waals surface area contributed by atoms with Crippen molar-refractivity contribution in [1.82, 2.24) is 29.6 Å². The van der Waals surface area contributed by atoms with E-state index in [2.05, 4.69) is 20.3 Å². The first-order valence-corrected chi connectivity index (χ1v) is 7.89. The number of likely N-dealkylation sites (N-methyl/N-ethyl adjacent to an activating group) is 1. The van der Waals surface area contributed by atoms with Crippen LogP contribution in [0.25, 0.3) is 5.65 Å². The van der Waals surface area contributed by atoms with Gasteiger partial charge in [0.15, 0.2) is 5.65 Å². The second-order valence-electron chi connectivity index (χ2n) is 5.98. The minimum Gasteiger partial charge on any atom is -0.337 e. The van der Waals surface area contributed by atoms with Crippen LogP contribution in [0.5, 0.6) is 0 Å². The van der Waals surface area contributed by atoms with Crippen molar-refractivity contribution in [2.45, 2.75) is 25.0 Å². The number of fused-ring (bicyclic) bond motifs is 1. The normalized spacial score (nSPS) is 20.9. The molecular weight excluding hydrogens is 304 g/mol. The second-order valence-corrected chi connectivity index (χ2v) is 5.98. The van der Waals surface area contributed by atoms with Crippen molar-refractivity contribution >= 4 is 11.6 Å². The molecule has 0 radical (unpaired) electrons. The Balaban J connectivity index is 1.55. The molecule has 24 heavy (non-hydrogen) atoms. The average molecular weight is 322 g/mol. The Morgan fingerprint density at radius 2 is 2.12 bits per heavy atom. The maximum atomic E-state index is 12.2. The quantitative estimate of drug-likeness (QED) is 0.781. The predicted octanol–water partition coefficient (Wildman–Crippen LogP) is 1.19. The van der Waals surface area contributed by atoms with Crippen LogP contribution in [0.15, 0.2) is 49.3 Å². The third-order valence-electron chi connectivity index (χ3n) is 4.55. The highest BCUT2D eigenvalue weighted by atomic mass is 16.2. The molecule has 4 heterocycles. The van der Waals surface area contributed by atoms with Gasteiger partial charge in [-0.15, -0.1) is 0 Å². The lowest BCUT2D eigenvalue weighted by Crippen LogP contribution is -2.35. The standard InChI is InChI=1S/C17H18N6O/c1-22-16(24)7-14(17(22)12-3-2-4-18-8-12)20-9-13-10-21-15-11-19-5-6-23(13)15/h2-6,8,10-11,14,17,20H,7,9H2,1H3/t14-,17+/m1/s1. The van der Waals surface area contributed by atoms with E-state index in [9.17, 15) is 4.79 Å². The summed E-state index contributed by atoms with van der Waals surface area (Å²) < 4.78 is 2.00. The molecule has 0 unspecified atom stereocenters. The highest BCUT2D eigenvalue weighted by Crippen LogP contribution is 2.31. The van der Waals surface area contributed by atoms with E-state index in [0.717, 1.165) is 16.9 Å². The van der Waals surface area contributed by atoms with Crippen LogP contribution in [0.3, 0.4) is 0 Å². The number of pyridine rings is 1. The van der Waals surface area contributed by atoms with E-state index in [1.165, 1.54) is 0 Å². The van der Waals surface area contributed by atoms with Gasteiger partial charge in [0.2, 0.25) is 5.91 Å². The molecule has 122 valence electrons. The third-order valence-corrected chi connectivity index (χ3v) is 4.55. The molecule has 3 aromatic rings. The van der Waals surface area contributed by atoms with Gasteiger partial charge in [0.25, 0.3) is 0 Å². The molecular formula is C17H18N6O. The van der Waals surface area contributed by atoms with E-state index in [-0.39, 0.29) is 18.0 Å². The number of nitrogens with zero attached hydrogens (tertiary/aromatic N) is 5. The molecule has 2 atom stereocenters. The van der Waals surface area contributed by atoms with Gasteiger partial charge in [-0.3, -0.25) is 19.2 Å². The summed E-state index contributed by atoms with van der Waals surface area (Å²) in [6.45, 7) is 0.633. The smallest absolute Gasteiger partial charge is 0.224 e. The van der Waals surface area contributed by atoms with Crippen LogP contribution in [0.4, 0.5) is 0 Å². The summed E-state index contributed by atoms with van der Waals surface area (Å²) in [6, 6.07) is 3.95. The Labute approximate surface area is 139 Å². The van der Waals surface area contributed by atoms with Crippen LogP contribution >= 0.6 is 0 Å². The zero-order valence-electron chi connectivity index (χ0n) is 13.3. The molecule has 7 heteroatoms. The summed E-state index contributed by atoms with van der Waals surface area (Å²) in [7, 11) is 1.85. The molecule has 1 saturated heterocycles. The van der Waals surface area contributed by atoms with Gasteiger partial charge >= 0.3 is 0 Å². The number of likely N-dealkylation sites (tertiary alicyclic amines) is 1. The number of imidazole rings is 1. The first kappa shape index (κ1) is 14.8. The molecule has 0 saturated carbocycles. The van der Waals surface area contributed by atoms with E-state index in [4.69, 9.17) is 0 Å². The maximum absolute atomic E-state index is 12.2.